The molecule has 0 saturated carbocycles. The molecule has 2 aromatic heterocycles. The normalized spacial score (nSPS) is 10.4. The lowest BCUT2D eigenvalue weighted by Crippen LogP contribution is -2.02. The first kappa shape index (κ1) is 11.1. The monoisotopic (exact) mass is 255 g/mol. The summed E-state index contributed by atoms with van der Waals surface area (Å²) in [7, 11) is 0. The lowest BCUT2D eigenvalue weighted by molar-refractivity contribution is -0.385. The summed E-state index contributed by atoms with van der Waals surface area (Å²) in [6.07, 6.45) is 1.00. The van der Waals surface area contributed by atoms with Crippen molar-refractivity contribution < 1.29 is 14.8 Å². The van der Waals surface area contributed by atoms with Gasteiger partial charge in [0.25, 0.3) is 0 Å². The van der Waals surface area contributed by atoms with Gasteiger partial charge in [0, 0.05) is 0 Å². The van der Waals surface area contributed by atoms with Gasteiger partial charge in [-0.15, -0.1) is 10.2 Å². The van der Waals surface area contributed by atoms with E-state index in [-0.39, 0.29) is 5.13 Å². The Hall–Kier alpha value is -2.36. The molecule has 0 aliphatic heterocycles. The van der Waals surface area contributed by atoms with Crippen molar-refractivity contribution in [3.05, 3.63) is 27.0 Å². The van der Waals surface area contributed by atoms with Crippen LogP contribution < -0.4 is 0 Å². The zero-order chi connectivity index (χ0) is 12.6. The topological polar surface area (TPSA) is 124 Å². The summed E-state index contributed by atoms with van der Waals surface area (Å²) in [6, 6.07) is 0. The van der Waals surface area contributed by atoms with E-state index in [2.05, 4.69) is 15.3 Å². The van der Waals surface area contributed by atoms with Gasteiger partial charge in [-0.25, -0.2) is 9.48 Å². The van der Waals surface area contributed by atoms with Gasteiger partial charge in [-0.2, -0.15) is 5.10 Å². The molecule has 0 fully saturated rings. The number of rotatable bonds is 3. The van der Waals surface area contributed by atoms with E-state index in [4.69, 9.17) is 5.11 Å². The maximum Gasteiger partial charge on any atom is 0.363 e. The number of hydrogen-bond donors (Lipinski definition) is 1. The largest absolute Gasteiger partial charge is 0.476 e. The minimum absolute atomic E-state index is 0.276. The van der Waals surface area contributed by atoms with Crippen LogP contribution in [0.4, 0.5) is 5.69 Å². The minimum atomic E-state index is -1.46. The van der Waals surface area contributed by atoms with Crippen LogP contribution in [0.2, 0.25) is 0 Å². The van der Waals surface area contributed by atoms with Gasteiger partial charge in [0.1, 0.15) is 11.2 Å². The number of hydrogen-bond acceptors (Lipinski definition) is 7. The third kappa shape index (κ3) is 1.97. The fourth-order valence-corrected chi connectivity index (χ4v) is 1.74. The highest BCUT2D eigenvalue weighted by atomic mass is 32.1. The zero-order valence-electron chi connectivity index (χ0n) is 8.39. The van der Waals surface area contributed by atoms with Crippen molar-refractivity contribution in [2.24, 2.45) is 0 Å². The number of nitrogens with zero attached hydrogens (tertiary/aromatic N) is 5. The number of aromatic nitrogens is 4. The molecule has 10 heteroatoms. The van der Waals surface area contributed by atoms with E-state index < -0.39 is 22.3 Å². The van der Waals surface area contributed by atoms with E-state index in [1.807, 2.05) is 0 Å². The first-order valence-electron chi connectivity index (χ1n) is 4.27. The number of carbonyl (C=O) groups is 1. The molecule has 2 heterocycles. The van der Waals surface area contributed by atoms with Crippen LogP contribution in [0.1, 0.15) is 15.5 Å². The molecule has 0 spiro atoms. The number of carboxylic acids is 1. The molecule has 1 N–H and O–H groups in total. The highest BCUT2D eigenvalue weighted by Gasteiger charge is 2.26. The zero-order valence-corrected chi connectivity index (χ0v) is 9.21. The second-order valence-electron chi connectivity index (χ2n) is 2.97. The molecular weight excluding hydrogens is 250 g/mol. The van der Waals surface area contributed by atoms with Crippen LogP contribution in [-0.2, 0) is 0 Å². The molecule has 0 bridgehead atoms. The summed E-state index contributed by atoms with van der Waals surface area (Å²) >= 11 is 1.15. The fraction of sp³-hybridized carbons (Fsp3) is 0.143. The van der Waals surface area contributed by atoms with Crippen molar-refractivity contribution in [2.75, 3.05) is 0 Å². The number of nitro groups is 1. The summed E-state index contributed by atoms with van der Waals surface area (Å²) < 4.78 is 1.03. The second-order valence-corrected chi connectivity index (χ2v) is 4.13. The van der Waals surface area contributed by atoms with Crippen molar-refractivity contribution in [3.63, 3.8) is 0 Å². The molecule has 2 aromatic rings. The van der Waals surface area contributed by atoms with Crippen LogP contribution in [0.25, 0.3) is 5.13 Å². The van der Waals surface area contributed by atoms with Crippen LogP contribution in [0.3, 0.4) is 0 Å². The molecule has 0 amide bonds. The Balaban J connectivity index is 2.54. The third-order valence-corrected chi connectivity index (χ3v) is 2.63. The van der Waals surface area contributed by atoms with Crippen LogP contribution in [0, 0.1) is 17.0 Å². The second kappa shape index (κ2) is 3.90. The molecule has 0 atom stereocenters. The average molecular weight is 255 g/mol. The maximum absolute atomic E-state index is 10.8. The molecule has 2 rings (SSSR count). The van der Waals surface area contributed by atoms with Gasteiger partial charge in [0.15, 0.2) is 0 Å². The Labute approximate surface area is 97.5 Å². The first-order chi connectivity index (χ1) is 7.99. The van der Waals surface area contributed by atoms with E-state index in [1.165, 1.54) is 0 Å². The van der Waals surface area contributed by atoms with Crippen molar-refractivity contribution >= 4 is 23.0 Å². The molecule has 0 saturated heterocycles. The lowest BCUT2D eigenvalue weighted by Gasteiger charge is -1.89. The van der Waals surface area contributed by atoms with Crippen LogP contribution in [-0.4, -0.2) is 36.0 Å². The molecular formula is C7H5N5O4S. The standard InChI is InChI=1S/C7H5N5O4S/c1-3-8-9-7(17-3)11-2-4(12(15)16)5(10-11)6(13)14/h2H,1H3,(H,13,14). The van der Waals surface area contributed by atoms with E-state index in [0.717, 1.165) is 22.2 Å². The molecule has 0 aliphatic carbocycles. The van der Waals surface area contributed by atoms with Crippen molar-refractivity contribution in [1.82, 2.24) is 20.0 Å². The van der Waals surface area contributed by atoms with Crippen LogP contribution >= 0.6 is 11.3 Å². The van der Waals surface area contributed by atoms with Gasteiger partial charge < -0.3 is 5.11 Å². The van der Waals surface area contributed by atoms with Gasteiger partial charge >= 0.3 is 11.7 Å². The predicted molar refractivity (Wildman–Crippen MR) is 55.4 cm³/mol. The third-order valence-electron chi connectivity index (χ3n) is 1.81. The van der Waals surface area contributed by atoms with Gasteiger partial charge in [0.05, 0.1) is 4.92 Å². The van der Waals surface area contributed by atoms with E-state index in [1.54, 1.807) is 6.92 Å². The summed E-state index contributed by atoms with van der Waals surface area (Å²) in [5, 5.41) is 31.3. The SMILES string of the molecule is Cc1nnc(-n2cc([N+](=O)[O-])c(C(=O)O)n2)s1. The summed E-state index contributed by atoms with van der Waals surface area (Å²) in [4.78, 5) is 20.6. The molecule has 0 aliphatic rings. The van der Waals surface area contributed by atoms with E-state index in [9.17, 15) is 14.9 Å². The smallest absolute Gasteiger partial charge is 0.363 e. The highest BCUT2D eigenvalue weighted by molar-refractivity contribution is 7.13. The Morgan fingerprint density at radius 2 is 2.29 bits per heavy atom. The summed E-state index contributed by atoms with van der Waals surface area (Å²) in [5.74, 6) is -1.46. The number of aryl methyl sites for hydroxylation is 1. The lowest BCUT2D eigenvalue weighted by atomic mass is 10.4. The van der Waals surface area contributed by atoms with Gasteiger partial charge in [-0.3, -0.25) is 10.1 Å². The summed E-state index contributed by atoms with van der Waals surface area (Å²) in [5.41, 5.74) is -1.20. The Morgan fingerprint density at radius 3 is 2.71 bits per heavy atom. The Morgan fingerprint density at radius 1 is 1.59 bits per heavy atom. The predicted octanol–water partition coefficient (Wildman–Crippen LogP) is 0.639. The summed E-state index contributed by atoms with van der Waals surface area (Å²) in [6.45, 7) is 1.71. The van der Waals surface area contributed by atoms with Crippen LogP contribution in [0.5, 0.6) is 0 Å². The Kier molecular flexibility index (Phi) is 2.55. The fourth-order valence-electron chi connectivity index (χ4n) is 1.13. The van der Waals surface area contributed by atoms with Gasteiger partial charge in [-0.05, 0) is 6.92 Å². The van der Waals surface area contributed by atoms with Crippen molar-refractivity contribution in [2.45, 2.75) is 6.92 Å². The average Bonchev–Trinajstić information content (AvgIpc) is 2.82. The first-order valence-corrected chi connectivity index (χ1v) is 5.08. The molecule has 0 aromatic carbocycles. The van der Waals surface area contributed by atoms with Gasteiger partial charge in [-0.1, -0.05) is 11.3 Å². The molecule has 0 unspecified atom stereocenters. The highest BCUT2D eigenvalue weighted by Crippen LogP contribution is 2.21. The van der Waals surface area contributed by atoms with Crippen LogP contribution in [0.15, 0.2) is 6.20 Å². The number of aromatic carboxylic acids is 1. The molecule has 17 heavy (non-hydrogen) atoms. The Bertz CT molecular complexity index is 572. The van der Waals surface area contributed by atoms with E-state index >= 15 is 0 Å². The quantitative estimate of drug-likeness (QED) is 0.630. The molecule has 9 nitrogen and oxygen atoms in total. The number of carboxylic acid groups (broad SMARTS) is 1. The van der Waals surface area contributed by atoms with Crippen molar-refractivity contribution in [3.8, 4) is 5.13 Å². The maximum atomic E-state index is 10.8. The molecule has 88 valence electrons. The molecule has 0 radical (unpaired) electrons. The van der Waals surface area contributed by atoms with Crippen molar-refractivity contribution in [1.29, 1.82) is 0 Å². The van der Waals surface area contributed by atoms with E-state index in [0.29, 0.717) is 5.01 Å². The van der Waals surface area contributed by atoms with Gasteiger partial charge in [0.2, 0.25) is 10.8 Å². The minimum Gasteiger partial charge on any atom is -0.476 e.